The Morgan fingerprint density at radius 3 is 2.77 bits per heavy atom. The van der Waals surface area contributed by atoms with E-state index >= 15 is 0 Å². The number of ether oxygens (including phenoxy) is 1. The van der Waals surface area contributed by atoms with Gasteiger partial charge in [-0.05, 0) is 49.6 Å². The van der Waals surface area contributed by atoms with Gasteiger partial charge < -0.3 is 10.1 Å². The van der Waals surface area contributed by atoms with Crippen LogP contribution in [0.4, 0.5) is 5.69 Å². The number of H-pyrrole nitrogens is 1. The van der Waals surface area contributed by atoms with Crippen molar-refractivity contribution in [3.8, 4) is 5.75 Å². The van der Waals surface area contributed by atoms with Crippen molar-refractivity contribution < 1.29 is 9.53 Å². The molecule has 1 atom stereocenters. The highest BCUT2D eigenvalue weighted by molar-refractivity contribution is 5.96. The van der Waals surface area contributed by atoms with Gasteiger partial charge in [0.1, 0.15) is 11.7 Å². The fraction of sp³-hybridized carbons (Fsp3) is 0.263. The van der Waals surface area contributed by atoms with Gasteiger partial charge in [0.05, 0.1) is 7.11 Å². The maximum absolute atomic E-state index is 12.9. The molecule has 3 rings (SSSR count). The summed E-state index contributed by atoms with van der Waals surface area (Å²) in [5.41, 5.74) is 3.88. The second-order valence-electron chi connectivity index (χ2n) is 6.19. The van der Waals surface area contributed by atoms with E-state index in [1.54, 1.807) is 7.11 Å². The van der Waals surface area contributed by atoms with Crippen molar-refractivity contribution in [1.29, 1.82) is 0 Å². The van der Waals surface area contributed by atoms with Gasteiger partial charge in [0, 0.05) is 5.69 Å². The number of amides is 1. The quantitative estimate of drug-likeness (QED) is 0.712. The number of nitrogens with zero attached hydrogens (tertiary/aromatic N) is 3. The Morgan fingerprint density at radius 1 is 1.23 bits per heavy atom. The van der Waals surface area contributed by atoms with Gasteiger partial charge in [0.2, 0.25) is 5.91 Å². The number of carbonyl (C=O) groups excluding carboxylic acids is 1. The first-order valence-corrected chi connectivity index (χ1v) is 8.31. The molecule has 0 aliphatic carbocycles. The molecule has 0 unspecified atom stereocenters. The summed E-state index contributed by atoms with van der Waals surface area (Å²) in [4.78, 5) is 12.9. The molecule has 7 nitrogen and oxygen atoms in total. The second-order valence-corrected chi connectivity index (χ2v) is 6.19. The Balaban J connectivity index is 1.85. The highest BCUT2D eigenvalue weighted by Gasteiger charge is 2.26. The molecule has 1 aromatic heterocycles. The minimum Gasteiger partial charge on any atom is -0.497 e. The van der Waals surface area contributed by atoms with E-state index in [9.17, 15) is 4.79 Å². The van der Waals surface area contributed by atoms with Crippen LogP contribution in [-0.4, -0.2) is 33.6 Å². The summed E-state index contributed by atoms with van der Waals surface area (Å²) in [5.74, 6) is 0.349. The van der Waals surface area contributed by atoms with Gasteiger partial charge in [-0.3, -0.25) is 4.79 Å². The Morgan fingerprint density at radius 2 is 2.08 bits per heavy atom. The average molecular weight is 351 g/mol. The molecule has 0 saturated carbocycles. The largest absolute Gasteiger partial charge is 0.497 e. The van der Waals surface area contributed by atoms with Crippen molar-refractivity contribution in [2.45, 2.75) is 26.2 Å². The van der Waals surface area contributed by atoms with Gasteiger partial charge in [-0.2, -0.15) is 5.21 Å². The lowest BCUT2D eigenvalue weighted by Crippen LogP contribution is -2.24. The van der Waals surface area contributed by atoms with E-state index in [1.807, 2.05) is 56.3 Å². The van der Waals surface area contributed by atoms with Crippen molar-refractivity contribution in [1.82, 2.24) is 20.6 Å². The predicted octanol–water partition coefficient (Wildman–Crippen LogP) is 2.79. The zero-order chi connectivity index (χ0) is 18.5. The monoisotopic (exact) mass is 351 g/mol. The number of aromatic amines is 1. The van der Waals surface area contributed by atoms with Crippen LogP contribution in [0.25, 0.3) is 0 Å². The van der Waals surface area contributed by atoms with E-state index in [-0.39, 0.29) is 5.91 Å². The molecule has 2 N–H and O–H groups in total. The van der Waals surface area contributed by atoms with E-state index in [0.717, 1.165) is 28.1 Å². The molecule has 0 bridgehead atoms. The van der Waals surface area contributed by atoms with Crippen LogP contribution in [0.2, 0.25) is 0 Å². The molecular weight excluding hydrogens is 330 g/mol. The molecule has 134 valence electrons. The lowest BCUT2D eigenvalue weighted by Gasteiger charge is -2.16. The number of carbonyl (C=O) groups is 1. The minimum absolute atomic E-state index is 0.179. The third-order valence-electron chi connectivity index (χ3n) is 4.20. The van der Waals surface area contributed by atoms with Crippen molar-refractivity contribution in [3.63, 3.8) is 0 Å². The first-order valence-electron chi connectivity index (χ1n) is 8.31. The molecule has 1 amide bonds. The number of benzene rings is 2. The molecule has 0 radical (unpaired) electrons. The Kier molecular flexibility index (Phi) is 5.26. The molecule has 0 spiro atoms. The van der Waals surface area contributed by atoms with Crippen LogP contribution in [-0.2, 0) is 11.2 Å². The molecular formula is C19H21N5O2. The van der Waals surface area contributed by atoms with Crippen molar-refractivity contribution >= 4 is 11.6 Å². The normalized spacial score (nSPS) is 11.8. The van der Waals surface area contributed by atoms with Crippen molar-refractivity contribution in [2.75, 3.05) is 12.4 Å². The maximum atomic E-state index is 12.9. The van der Waals surface area contributed by atoms with Gasteiger partial charge in [0.15, 0.2) is 5.82 Å². The molecule has 0 fully saturated rings. The summed E-state index contributed by atoms with van der Waals surface area (Å²) >= 11 is 0. The average Bonchev–Trinajstić information content (AvgIpc) is 3.16. The fourth-order valence-electron chi connectivity index (χ4n) is 2.83. The standard InChI is InChI=1S/C19H21N5O2/c1-12-7-8-17(13(2)9-12)20-19(25)16(18-21-23-24-22-18)11-14-5-4-6-15(10-14)26-3/h4-10,16H,11H2,1-3H3,(H,20,25)(H,21,22,23,24)/t16-/m1/s1. The third-order valence-corrected chi connectivity index (χ3v) is 4.20. The zero-order valence-electron chi connectivity index (χ0n) is 15.0. The van der Waals surface area contributed by atoms with Gasteiger partial charge in [-0.25, -0.2) is 0 Å². The highest BCUT2D eigenvalue weighted by Crippen LogP contribution is 2.24. The highest BCUT2D eigenvalue weighted by atomic mass is 16.5. The van der Waals surface area contributed by atoms with Gasteiger partial charge >= 0.3 is 0 Å². The third kappa shape index (κ3) is 4.05. The van der Waals surface area contributed by atoms with Gasteiger partial charge in [-0.1, -0.05) is 35.0 Å². The van der Waals surface area contributed by atoms with Crippen LogP contribution < -0.4 is 10.1 Å². The summed E-state index contributed by atoms with van der Waals surface area (Å²) in [7, 11) is 1.61. The summed E-state index contributed by atoms with van der Waals surface area (Å²) < 4.78 is 5.26. The molecule has 3 aromatic rings. The van der Waals surface area contributed by atoms with E-state index in [2.05, 4.69) is 25.9 Å². The molecule has 0 aliphatic heterocycles. The predicted molar refractivity (Wildman–Crippen MR) is 98.2 cm³/mol. The van der Waals surface area contributed by atoms with Crippen LogP contribution in [0.3, 0.4) is 0 Å². The second kappa shape index (κ2) is 7.77. The fourth-order valence-corrected chi connectivity index (χ4v) is 2.83. The number of aryl methyl sites for hydroxylation is 2. The van der Waals surface area contributed by atoms with E-state index in [4.69, 9.17) is 4.74 Å². The summed E-state index contributed by atoms with van der Waals surface area (Å²) in [6.45, 7) is 3.98. The maximum Gasteiger partial charge on any atom is 0.235 e. The topological polar surface area (TPSA) is 92.8 Å². The number of aromatic nitrogens is 4. The van der Waals surface area contributed by atoms with Crippen LogP contribution in [0.15, 0.2) is 42.5 Å². The lowest BCUT2D eigenvalue weighted by molar-refractivity contribution is -0.117. The van der Waals surface area contributed by atoms with Crippen LogP contribution >= 0.6 is 0 Å². The smallest absolute Gasteiger partial charge is 0.235 e. The molecule has 7 heteroatoms. The number of methoxy groups -OCH3 is 1. The zero-order valence-corrected chi connectivity index (χ0v) is 15.0. The lowest BCUT2D eigenvalue weighted by atomic mass is 9.97. The Hall–Kier alpha value is -3.22. The van der Waals surface area contributed by atoms with Gasteiger partial charge in [-0.15, -0.1) is 10.2 Å². The number of anilines is 1. The molecule has 0 aliphatic rings. The van der Waals surface area contributed by atoms with Crippen molar-refractivity contribution in [2.24, 2.45) is 0 Å². The number of rotatable bonds is 6. The molecule has 26 heavy (non-hydrogen) atoms. The summed E-state index contributed by atoms with van der Waals surface area (Å²) in [6, 6.07) is 13.5. The number of tetrazole rings is 1. The Labute approximate surface area is 151 Å². The van der Waals surface area contributed by atoms with E-state index < -0.39 is 5.92 Å². The number of hydrogen-bond acceptors (Lipinski definition) is 5. The first-order chi connectivity index (χ1) is 12.6. The summed E-state index contributed by atoms with van der Waals surface area (Å²) in [5, 5.41) is 17.0. The molecule has 0 saturated heterocycles. The molecule has 2 aromatic carbocycles. The number of nitrogens with one attached hydrogen (secondary N) is 2. The van der Waals surface area contributed by atoms with Crippen LogP contribution in [0, 0.1) is 13.8 Å². The van der Waals surface area contributed by atoms with E-state index in [1.165, 1.54) is 0 Å². The SMILES string of the molecule is COc1cccc(C[C@@H](C(=O)Nc2ccc(C)cc2C)c2nn[nH]n2)c1. The summed E-state index contributed by atoms with van der Waals surface area (Å²) in [6.07, 6.45) is 0.438. The van der Waals surface area contributed by atoms with Gasteiger partial charge in [0.25, 0.3) is 0 Å². The van der Waals surface area contributed by atoms with Crippen molar-refractivity contribution in [3.05, 3.63) is 65.0 Å². The van der Waals surface area contributed by atoms with E-state index in [0.29, 0.717) is 12.2 Å². The van der Waals surface area contributed by atoms with Crippen LogP contribution in [0.1, 0.15) is 28.4 Å². The Bertz CT molecular complexity index is 893. The molecule has 1 heterocycles. The van der Waals surface area contributed by atoms with Crippen LogP contribution in [0.5, 0.6) is 5.75 Å². The minimum atomic E-state index is -0.568. The number of hydrogen-bond donors (Lipinski definition) is 2. The first kappa shape index (κ1) is 17.6.